The van der Waals surface area contributed by atoms with Crippen LogP contribution in [0.3, 0.4) is 0 Å². The van der Waals surface area contributed by atoms with Crippen LogP contribution >= 0.6 is 11.3 Å². The fraction of sp³-hybridized carbons (Fsp3) is 0.545. The molecule has 166 valence electrons. The number of carbonyl (C=O) groups excluding carboxylic acids is 2. The Morgan fingerprint density at radius 2 is 2.00 bits per heavy atom. The zero-order valence-corrected chi connectivity index (χ0v) is 18.7. The van der Waals surface area contributed by atoms with E-state index >= 15 is 0 Å². The van der Waals surface area contributed by atoms with Gasteiger partial charge in [0.2, 0.25) is 22.1 Å². The molecule has 2 aliphatic rings. The van der Waals surface area contributed by atoms with Crippen molar-refractivity contribution in [2.24, 2.45) is 5.92 Å². The smallest absolute Gasteiger partial charge is 0.228 e. The van der Waals surface area contributed by atoms with Crippen molar-refractivity contribution in [1.82, 2.24) is 15.5 Å². The Morgan fingerprint density at radius 3 is 2.74 bits per heavy atom. The summed E-state index contributed by atoms with van der Waals surface area (Å²) in [6.07, 6.45) is 4.06. The van der Waals surface area contributed by atoms with E-state index in [1.165, 1.54) is 16.9 Å². The molecule has 2 fully saturated rings. The molecule has 0 aliphatic carbocycles. The molecule has 9 heteroatoms. The van der Waals surface area contributed by atoms with E-state index in [-0.39, 0.29) is 17.7 Å². The Labute approximate surface area is 186 Å². The number of hydrogen-bond donors (Lipinski definition) is 1. The lowest BCUT2D eigenvalue weighted by Gasteiger charge is -2.31. The number of amides is 2. The van der Waals surface area contributed by atoms with Gasteiger partial charge in [-0.15, -0.1) is 10.2 Å². The molecule has 31 heavy (non-hydrogen) atoms. The summed E-state index contributed by atoms with van der Waals surface area (Å²) in [6, 6.07) is 8.01. The van der Waals surface area contributed by atoms with Crippen molar-refractivity contribution >= 4 is 33.4 Å². The highest BCUT2D eigenvalue weighted by molar-refractivity contribution is 7.19. The summed E-state index contributed by atoms with van der Waals surface area (Å²) in [4.78, 5) is 28.5. The van der Waals surface area contributed by atoms with Gasteiger partial charge >= 0.3 is 0 Å². The Kier molecular flexibility index (Phi) is 7.01. The van der Waals surface area contributed by atoms with E-state index in [0.717, 1.165) is 43.1 Å². The molecule has 2 amide bonds. The van der Waals surface area contributed by atoms with Gasteiger partial charge in [0.1, 0.15) is 5.75 Å². The number of rotatable bonds is 8. The van der Waals surface area contributed by atoms with Gasteiger partial charge in [-0.1, -0.05) is 23.5 Å². The molecule has 1 aromatic carbocycles. The van der Waals surface area contributed by atoms with Gasteiger partial charge < -0.3 is 15.0 Å². The summed E-state index contributed by atoms with van der Waals surface area (Å²) in [5, 5.41) is 13.1. The van der Waals surface area contributed by atoms with Gasteiger partial charge in [-0.2, -0.15) is 0 Å². The summed E-state index contributed by atoms with van der Waals surface area (Å²) in [7, 11) is 0. The normalized spacial score (nSPS) is 19.0. The lowest BCUT2D eigenvalue weighted by molar-refractivity contribution is -0.125. The number of nitrogens with one attached hydrogen (secondary N) is 1. The van der Waals surface area contributed by atoms with Crippen LogP contribution in [0.15, 0.2) is 24.3 Å². The molecule has 2 aliphatic heterocycles. The van der Waals surface area contributed by atoms with Crippen molar-refractivity contribution in [2.75, 3.05) is 42.6 Å². The predicted octanol–water partition coefficient (Wildman–Crippen LogP) is 2.64. The summed E-state index contributed by atoms with van der Waals surface area (Å²) >= 11 is 1.44. The van der Waals surface area contributed by atoms with Crippen molar-refractivity contribution in [1.29, 1.82) is 0 Å². The minimum Gasteiger partial charge on any atom is -0.494 e. The molecule has 0 bridgehead atoms. The summed E-state index contributed by atoms with van der Waals surface area (Å²) in [5.41, 5.74) is 1.17. The molecular formula is C22H29N5O3S. The molecule has 0 spiro atoms. The predicted molar refractivity (Wildman–Crippen MR) is 121 cm³/mol. The van der Waals surface area contributed by atoms with Crippen molar-refractivity contribution in [3.63, 3.8) is 0 Å². The number of ether oxygens (including phenoxy) is 1. The first-order valence-corrected chi connectivity index (χ1v) is 11.8. The standard InChI is InChI=1S/C22H29N5O3S/c1-2-30-18-9-7-16(8-10-18)11-12-23-20(29)17-5-3-13-26(15-17)21-24-25-22(31-21)27-14-4-6-19(27)28/h7-10,17H,2-6,11-15H2,1H3,(H,23,29)/t17-/m0/s1. The number of piperidine rings is 1. The lowest BCUT2D eigenvalue weighted by atomic mass is 9.97. The van der Waals surface area contributed by atoms with Gasteiger partial charge in [-0.05, 0) is 50.3 Å². The second-order valence-corrected chi connectivity index (χ2v) is 8.85. The number of carbonyl (C=O) groups is 2. The topological polar surface area (TPSA) is 87.7 Å². The average Bonchev–Trinajstić information content (AvgIpc) is 3.44. The summed E-state index contributed by atoms with van der Waals surface area (Å²) in [5.74, 6) is 1.02. The number of benzene rings is 1. The third-order valence-electron chi connectivity index (χ3n) is 5.72. The quantitative estimate of drug-likeness (QED) is 0.675. The van der Waals surface area contributed by atoms with Gasteiger partial charge in [0.25, 0.3) is 0 Å². The van der Waals surface area contributed by atoms with Crippen LogP contribution in [-0.4, -0.2) is 54.8 Å². The molecule has 0 saturated carbocycles. The molecule has 2 saturated heterocycles. The fourth-order valence-electron chi connectivity index (χ4n) is 4.05. The Hall–Kier alpha value is -2.68. The molecule has 1 aromatic heterocycles. The van der Waals surface area contributed by atoms with Crippen LogP contribution in [-0.2, 0) is 16.0 Å². The van der Waals surface area contributed by atoms with Gasteiger partial charge in [-0.25, -0.2) is 0 Å². The van der Waals surface area contributed by atoms with E-state index in [2.05, 4.69) is 20.4 Å². The maximum Gasteiger partial charge on any atom is 0.228 e. The van der Waals surface area contributed by atoms with Gasteiger partial charge in [0, 0.05) is 32.6 Å². The van der Waals surface area contributed by atoms with Crippen LogP contribution in [0.4, 0.5) is 10.3 Å². The minimum absolute atomic E-state index is 0.0603. The molecule has 4 rings (SSSR count). The Morgan fingerprint density at radius 1 is 1.19 bits per heavy atom. The molecule has 0 unspecified atom stereocenters. The number of aromatic nitrogens is 2. The maximum atomic E-state index is 12.7. The van der Waals surface area contributed by atoms with Crippen LogP contribution in [0.1, 0.15) is 38.2 Å². The van der Waals surface area contributed by atoms with E-state index in [9.17, 15) is 9.59 Å². The zero-order valence-electron chi connectivity index (χ0n) is 17.9. The Bertz CT molecular complexity index is 901. The van der Waals surface area contributed by atoms with Gasteiger partial charge in [-0.3, -0.25) is 14.5 Å². The highest BCUT2D eigenvalue weighted by atomic mass is 32.1. The molecule has 2 aromatic rings. The molecule has 8 nitrogen and oxygen atoms in total. The first-order chi connectivity index (χ1) is 15.1. The largest absolute Gasteiger partial charge is 0.494 e. The summed E-state index contributed by atoms with van der Waals surface area (Å²) in [6.45, 7) is 5.45. The first-order valence-electron chi connectivity index (χ1n) is 11.0. The number of hydrogen-bond acceptors (Lipinski definition) is 7. The van der Waals surface area contributed by atoms with Crippen LogP contribution in [0, 0.1) is 5.92 Å². The number of nitrogens with zero attached hydrogens (tertiary/aromatic N) is 4. The van der Waals surface area contributed by atoms with Gasteiger partial charge in [0.15, 0.2) is 0 Å². The number of anilines is 2. The third kappa shape index (κ3) is 5.33. The molecule has 1 atom stereocenters. The highest BCUT2D eigenvalue weighted by Crippen LogP contribution is 2.32. The SMILES string of the molecule is CCOc1ccc(CCNC(=O)[C@H]2CCCN(c3nnc(N4CCCC4=O)s3)C2)cc1. The average molecular weight is 444 g/mol. The molecule has 1 N–H and O–H groups in total. The fourth-order valence-corrected chi connectivity index (χ4v) is 4.98. The van der Waals surface area contributed by atoms with Gasteiger partial charge in [0.05, 0.1) is 12.5 Å². The molecule has 0 radical (unpaired) electrons. The first kappa shape index (κ1) is 21.5. The van der Waals surface area contributed by atoms with Crippen molar-refractivity contribution < 1.29 is 14.3 Å². The summed E-state index contributed by atoms with van der Waals surface area (Å²) < 4.78 is 5.46. The monoisotopic (exact) mass is 443 g/mol. The van der Waals surface area contributed by atoms with Crippen molar-refractivity contribution in [2.45, 2.75) is 39.0 Å². The van der Waals surface area contributed by atoms with Crippen molar-refractivity contribution in [3.05, 3.63) is 29.8 Å². The maximum absolute atomic E-state index is 12.7. The van der Waals surface area contributed by atoms with Crippen LogP contribution < -0.4 is 19.9 Å². The van der Waals surface area contributed by atoms with Crippen molar-refractivity contribution in [3.8, 4) is 5.75 Å². The van der Waals surface area contributed by atoms with Crippen LogP contribution in [0.2, 0.25) is 0 Å². The van der Waals surface area contributed by atoms with E-state index in [4.69, 9.17) is 4.74 Å². The molecule has 3 heterocycles. The second-order valence-electron chi connectivity index (χ2n) is 7.92. The van der Waals surface area contributed by atoms with E-state index in [1.807, 2.05) is 31.2 Å². The van der Waals surface area contributed by atoms with Crippen LogP contribution in [0.25, 0.3) is 0 Å². The van der Waals surface area contributed by atoms with Crippen LogP contribution in [0.5, 0.6) is 5.75 Å². The van der Waals surface area contributed by atoms with E-state index in [1.54, 1.807) is 4.90 Å². The lowest BCUT2D eigenvalue weighted by Crippen LogP contribution is -2.43. The van der Waals surface area contributed by atoms with E-state index < -0.39 is 0 Å². The second kappa shape index (κ2) is 10.1. The van der Waals surface area contributed by atoms with E-state index in [0.29, 0.717) is 37.8 Å². The minimum atomic E-state index is -0.0603. The zero-order chi connectivity index (χ0) is 21.6. The highest BCUT2D eigenvalue weighted by Gasteiger charge is 2.29. The Balaban J connectivity index is 1.26. The molecular weight excluding hydrogens is 414 g/mol. The third-order valence-corrected chi connectivity index (χ3v) is 6.72.